The van der Waals surface area contributed by atoms with Gasteiger partial charge in [0.15, 0.2) is 0 Å². The minimum absolute atomic E-state index is 0.716. The number of benzene rings is 1. The topological polar surface area (TPSA) is 24.1 Å². The maximum atomic E-state index is 5.90. The third kappa shape index (κ3) is 6.11. The molecular weight excluding hydrogens is 220 g/mol. The molecule has 0 bridgehead atoms. The van der Waals surface area contributed by atoms with E-state index in [1.165, 1.54) is 5.56 Å². The molecule has 0 saturated carbocycles. The van der Waals surface area contributed by atoms with Gasteiger partial charge in [0.2, 0.25) is 0 Å². The van der Waals surface area contributed by atoms with Gasteiger partial charge in [0.1, 0.15) is 0 Å². The molecule has 0 heterocycles. The van der Waals surface area contributed by atoms with Crippen molar-refractivity contribution in [3.05, 3.63) is 34.9 Å². The SMILES string of the molecule is CC(C)CNCCNCc1cccc(Cl)c1. The zero-order chi connectivity index (χ0) is 11.8. The number of nitrogens with one attached hydrogen (secondary N) is 2. The quantitative estimate of drug-likeness (QED) is 0.717. The Hall–Kier alpha value is -0.570. The van der Waals surface area contributed by atoms with Gasteiger partial charge in [-0.25, -0.2) is 0 Å². The van der Waals surface area contributed by atoms with Crippen molar-refractivity contribution in [2.24, 2.45) is 5.92 Å². The first-order valence-electron chi connectivity index (χ1n) is 5.84. The van der Waals surface area contributed by atoms with Gasteiger partial charge in [-0.05, 0) is 30.2 Å². The van der Waals surface area contributed by atoms with Gasteiger partial charge in [-0.15, -0.1) is 0 Å². The molecule has 0 saturated heterocycles. The van der Waals surface area contributed by atoms with E-state index in [1.54, 1.807) is 0 Å². The van der Waals surface area contributed by atoms with Gasteiger partial charge in [0.05, 0.1) is 0 Å². The predicted octanol–water partition coefficient (Wildman–Crippen LogP) is 2.68. The van der Waals surface area contributed by atoms with Gasteiger partial charge in [-0.2, -0.15) is 0 Å². The highest BCUT2D eigenvalue weighted by Crippen LogP contribution is 2.09. The highest BCUT2D eigenvalue weighted by Gasteiger charge is 1.94. The summed E-state index contributed by atoms with van der Waals surface area (Å²) in [6, 6.07) is 7.96. The number of hydrogen-bond acceptors (Lipinski definition) is 2. The van der Waals surface area contributed by atoms with Crippen LogP contribution in [0.3, 0.4) is 0 Å². The largest absolute Gasteiger partial charge is 0.315 e. The first-order valence-corrected chi connectivity index (χ1v) is 6.22. The molecule has 0 atom stereocenters. The van der Waals surface area contributed by atoms with E-state index in [9.17, 15) is 0 Å². The van der Waals surface area contributed by atoms with Crippen molar-refractivity contribution < 1.29 is 0 Å². The summed E-state index contributed by atoms with van der Waals surface area (Å²) in [6.45, 7) is 8.39. The van der Waals surface area contributed by atoms with Crippen LogP contribution < -0.4 is 10.6 Å². The fourth-order valence-electron chi connectivity index (χ4n) is 1.45. The fourth-order valence-corrected chi connectivity index (χ4v) is 1.66. The molecular formula is C13H21ClN2. The Morgan fingerprint density at radius 1 is 1.19 bits per heavy atom. The lowest BCUT2D eigenvalue weighted by Crippen LogP contribution is -2.29. The lowest BCUT2D eigenvalue weighted by atomic mass is 10.2. The molecule has 0 aliphatic rings. The van der Waals surface area contributed by atoms with E-state index in [1.807, 2.05) is 18.2 Å². The molecule has 2 nitrogen and oxygen atoms in total. The molecule has 16 heavy (non-hydrogen) atoms. The van der Waals surface area contributed by atoms with E-state index < -0.39 is 0 Å². The molecule has 0 fully saturated rings. The van der Waals surface area contributed by atoms with E-state index in [-0.39, 0.29) is 0 Å². The summed E-state index contributed by atoms with van der Waals surface area (Å²) in [5, 5.41) is 7.58. The molecule has 0 unspecified atom stereocenters. The van der Waals surface area contributed by atoms with Gasteiger partial charge in [-0.1, -0.05) is 37.6 Å². The maximum Gasteiger partial charge on any atom is 0.0409 e. The van der Waals surface area contributed by atoms with Gasteiger partial charge < -0.3 is 10.6 Å². The van der Waals surface area contributed by atoms with E-state index in [0.29, 0.717) is 5.92 Å². The molecule has 3 heteroatoms. The Morgan fingerprint density at radius 3 is 2.62 bits per heavy atom. The van der Waals surface area contributed by atoms with Gasteiger partial charge in [0.25, 0.3) is 0 Å². The van der Waals surface area contributed by atoms with Crippen LogP contribution in [0.1, 0.15) is 19.4 Å². The highest BCUT2D eigenvalue weighted by atomic mass is 35.5. The molecule has 1 aromatic rings. The third-order valence-corrected chi connectivity index (χ3v) is 2.48. The molecule has 0 aliphatic carbocycles. The van der Waals surface area contributed by atoms with E-state index in [4.69, 9.17) is 11.6 Å². The summed E-state index contributed by atoms with van der Waals surface area (Å²) >= 11 is 5.90. The molecule has 0 aliphatic heterocycles. The summed E-state index contributed by atoms with van der Waals surface area (Å²) in [5.41, 5.74) is 1.23. The van der Waals surface area contributed by atoms with Crippen LogP contribution in [0.5, 0.6) is 0 Å². The minimum atomic E-state index is 0.716. The molecule has 1 aromatic carbocycles. The smallest absolute Gasteiger partial charge is 0.0409 e. The summed E-state index contributed by atoms with van der Waals surface area (Å²) in [4.78, 5) is 0. The second-order valence-electron chi connectivity index (χ2n) is 4.40. The lowest BCUT2D eigenvalue weighted by molar-refractivity contribution is 0.535. The second-order valence-corrected chi connectivity index (χ2v) is 4.84. The molecule has 0 spiro atoms. The zero-order valence-electron chi connectivity index (χ0n) is 10.1. The van der Waals surface area contributed by atoms with Crippen LogP contribution in [-0.2, 0) is 6.54 Å². The lowest BCUT2D eigenvalue weighted by Gasteiger charge is -2.08. The van der Waals surface area contributed by atoms with Crippen LogP contribution in [-0.4, -0.2) is 19.6 Å². The third-order valence-electron chi connectivity index (χ3n) is 2.25. The van der Waals surface area contributed by atoms with Crippen LogP contribution in [0.15, 0.2) is 24.3 Å². The summed E-state index contributed by atoms with van der Waals surface area (Å²) in [7, 11) is 0. The first kappa shape index (κ1) is 13.5. The Bertz CT molecular complexity index is 300. The average Bonchev–Trinajstić information content (AvgIpc) is 2.23. The van der Waals surface area contributed by atoms with Crippen molar-refractivity contribution in [2.45, 2.75) is 20.4 Å². The maximum absolute atomic E-state index is 5.90. The molecule has 0 aromatic heterocycles. The van der Waals surface area contributed by atoms with Crippen LogP contribution in [0.2, 0.25) is 5.02 Å². The molecule has 90 valence electrons. The molecule has 0 radical (unpaired) electrons. The first-order chi connectivity index (χ1) is 7.68. The van der Waals surface area contributed by atoms with E-state index in [0.717, 1.165) is 31.2 Å². The summed E-state index contributed by atoms with van der Waals surface area (Å²) in [6.07, 6.45) is 0. The van der Waals surface area contributed by atoms with Crippen molar-refractivity contribution in [1.29, 1.82) is 0 Å². The van der Waals surface area contributed by atoms with Gasteiger partial charge in [-0.3, -0.25) is 0 Å². The normalized spacial score (nSPS) is 11.0. The predicted molar refractivity (Wildman–Crippen MR) is 70.9 cm³/mol. The second kappa shape index (κ2) is 7.66. The highest BCUT2D eigenvalue weighted by molar-refractivity contribution is 6.30. The molecule has 0 amide bonds. The zero-order valence-corrected chi connectivity index (χ0v) is 10.8. The standard InChI is InChI=1S/C13H21ClN2/c1-11(2)9-15-6-7-16-10-12-4-3-5-13(14)8-12/h3-5,8,11,15-16H,6-7,9-10H2,1-2H3. The summed E-state index contributed by atoms with van der Waals surface area (Å²) in [5.74, 6) is 0.716. The Morgan fingerprint density at radius 2 is 1.94 bits per heavy atom. The summed E-state index contributed by atoms with van der Waals surface area (Å²) < 4.78 is 0. The van der Waals surface area contributed by atoms with Gasteiger partial charge >= 0.3 is 0 Å². The van der Waals surface area contributed by atoms with E-state index in [2.05, 4.69) is 30.5 Å². The van der Waals surface area contributed by atoms with E-state index >= 15 is 0 Å². The van der Waals surface area contributed by atoms with Crippen LogP contribution >= 0.6 is 11.6 Å². The van der Waals surface area contributed by atoms with Crippen molar-refractivity contribution in [1.82, 2.24) is 10.6 Å². The molecule has 2 N–H and O–H groups in total. The fraction of sp³-hybridized carbons (Fsp3) is 0.538. The Labute approximate surface area is 103 Å². The van der Waals surface area contributed by atoms with Crippen molar-refractivity contribution in [3.63, 3.8) is 0 Å². The van der Waals surface area contributed by atoms with Crippen molar-refractivity contribution in [3.8, 4) is 0 Å². The monoisotopic (exact) mass is 240 g/mol. The van der Waals surface area contributed by atoms with Crippen LogP contribution in [0, 0.1) is 5.92 Å². The van der Waals surface area contributed by atoms with Crippen molar-refractivity contribution >= 4 is 11.6 Å². The average molecular weight is 241 g/mol. The molecule has 1 rings (SSSR count). The van der Waals surface area contributed by atoms with Crippen LogP contribution in [0.4, 0.5) is 0 Å². The Kier molecular flexibility index (Phi) is 6.46. The van der Waals surface area contributed by atoms with Gasteiger partial charge in [0, 0.05) is 24.7 Å². The minimum Gasteiger partial charge on any atom is -0.315 e. The van der Waals surface area contributed by atoms with Crippen molar-refractivity contribution in [2.75, 3.05) is 19.6 Å². The number of rotatable bonds is 7. The Balaban J connectivity index is 2.07. The number of hydrogen-bond donors (Lipinski definition) is 2. The van der Waals surface area contributed by atoms with Crippen LogP contribution in [0.25, 0.3) is 0 Å². The number of halogens is 1.